The quantitative estimate of drug-likeness (QED) is 0.150. The van der Waals surface area contributed by atoms with Crippen molar-refractivity contribution in [2.24, 2.45) is 17.3 Å². The van der Waals surface area contributed by atoms with Crippen molar-refractivity contribution in [2.45, 2.75) is 72.9 Å². The van der Waals surface area contributed by atoms with Crippen LogP contribution in [-0.2, 0) is 14.3 Å². The number of benzene rings is 1. The van der Waals surface area contributed by atoms with Gasteiger partial charge in [0.2, 0.25) is 11.5 Å². The molecule has 1 amide bonds. The number of amides is 1. The van der Waals surface area contributed by atoms with Crippen LogP contribution in [0.4, 0.5) is 10.2 Å². The molecule has 2 fully saturated rings. The minimum Gasteiger partial charge on any atom is -0.430 e. The van der Waals surface area contributed by atoms with E-state index in [0.717, 1.165) is 70.3 Å². The van der Waals surface area contributed by atoms with Gasteiger partial charge in [-0.1, -0.05) is 20.8 Å². The first kappa shape index (κ1) is 39.0. The number of ether oxygens (including phenoxy) is 4. The van der Waals surface area contributed by atoms with Crippen LogP contribution < -0.4 is 24.4 Å². The maximum absolute atomic E-state index is 15.6. The van der Waals surface area contributed by atoms with Crippen LogP contribution in [0.3, 0.4) is 0 Å². The zero-order valence-electron chi connectivity index (χ0n) is 31.3. The molecule has 4 heterocycles. The molecule has 0 bridgehead atoms. The van der Waals surface area contributed by atoms with Crippen LogP contribution >= 0.6 is 0 Å². The zero-order chi connectivity index (χ0) is 37.6. The van der Waals surface area contributed by atoms with Gasteiger partial charge in [-0.05, 0) is 71.0 Å². The Morgan fingerprint density at radius 1 is 1.10 bits per heavy atom. The van der Waals surface area contributed by atoms with Gasteiger partial charge in [-0.25, -0.2) is 19.0 Å². The van der Waals surface area contributed by atoms with Gasteiger partial charge in [0.25, 0.3) is 11.8 Å². The summed E-state index contributed by atoms with van der Waals surface area (Å²) in [7, 11) is 1.73. The van der Waals surface area contributed by atoms with Crippen molar-refractivity contribution in [3.63, 3.8) is 0 Å². The second-order valence-electron chi connectivity index (χ2n) is 14.7. The summed E-state index contributed by atoms with van der Waals surface area (Å²) in [5.41, 5.74) is -0.187. The van der Waals surface area contributed by atoms with E-state index in [0.29, 0.717) is 43.3 Å². The summed E-state index contributed by atoms with van der Waals surface area (Å²) < 4.78 is 37.7. The summed E-state index contributed by atoms with van der Waals surface area (Å²) in [5.74, 6) is -3.93. The van der Waals surface area contributed by atoms with Crippen molar-refractivity contribution in [3.05, 3.63) is 35.9 Å². The van der Waals surface area contributed by atoms with E-state index in [2.05, 4.69) is 51.1 Å². The first-order valence-electron chi connectivity index (χ1n) is 18.2. The Morgan fingerprint density at radius 3 is 2.46 bits per heavy atom. The van der Waals surface area contributed by atoms with Crippen molar-refractivity contribution in [1.82, 2.24) is 30.3 Å². The number of anilines is 1. The molecular formula is C37H52FN7O7. The average Bonchev–Trinajstić information content (AvgIpc) is 3.53. The number of carbonyl (C=O) groups is 3. The highest BCUT2D eigenvalue weighted by atomic mass is 19.1. The Labute approximate surface area is 305 Å². The lowest BCUT2D eigenvalue weighted by Crippen LogP contribution is -2.62. The molecule has 0 saturated carbocycles. The molecule has 284 valence electrons. The number of methoxy groups -OCH3 is 1. The largest absolute Gasteiger partial charge is 0.430 e. The molecule has 2 saturated heterocycles. The van der Waals surface area contributed by atoms with Crippen LogP contribution in [0.1, 0.15) is 71.2 Å². The van der Waals surface area contributed by atoms with Crippen molar-refractivity contribution in [3.8, 4) is 23.1 Å². The highest BCUT2D eigenvalue weighted by Gasteiger charge is 2.50. The fourth-order valence-corrected chi connectivity index (χ4v) is 7.47. The maximum Gasteiger partial charge on any atom is 0.336 e. The Bertz CT molecular complexity index is 1630. The Balaban J connectivity index is 1.35. The normalized spacial score (nSPS) is 18.7. The zero-order valence-corrected chi connectivity index (χ0v) is 31.3. The molecule has 5 rings (SSSR count). The molecule has 14 nitrogen and oxygen atoms in total. The number of likely N-dealkylation sites (tertiary alicyclic amines) is 1. The molecule has 52 heavy (non-hydrogen) atoms. The minimum atomic E-state index is -1.08. The Kier molecular flexibility index (Phi) is 12.8. The first-order valence-corrected chi connectivity index (χ1v) is 18.2. The fourth-order valence-electron chi connectivity index (χ4n) is 7.47. The predicted molar refractivity (Wildman–Crippen MR) is 191 cm³/mol. The van der Waals surface area contributed by atoms with Crippen LogP contribution in [0.2, 0.25) is 0 Å². The number of nitrogens with zero attached hydrogens (tertiary/aromatic N) is 6. The number of fused-ring (bicyclic) bond motifs is 1. The average molecular weight is 726 g/mol. The Morgan fingerprint density at radius 2 is 1.81 bits per heavy atom. The molecule has 2 atom stereocenters. The molecule has 3 aliphatic heterocycles. The first-order chi connectivity index (χ1) is 24.9. The topological polar surface area (TPSA) is 149 Å². The van der Waals surface area contributed by atoms with E-state index >= 15 is 4.39 Å². The minimum absolute atomic E-state index is 0.0600. The number of hydrogen-bond acceptors (Lipinski definition) is 13. The smallest absolute Gasteiger partial charge is 0.336 e. The van der Waals surface area contributed by atoms with Crippen molar-refractivity contribution in [2.75, 3.05) is 64.4 Å². The van der Waals surface area contributed by atoms with E-state index in [-0.39, 0.29) is 28.6 Å². The van der Waals surface area contributed by atoms with Crippen LogP contribution in [0.5, 0.6) is 23.1 Å². The molecular weight excluding hydrogens is 673 g/mol. The van der Waals surface area contributed by atoms with E-state index in [1.807, 2.05) is 13.8 Å². The highest BCUT2D eigenvalue weighted by molar-refractivity contribution is 6.01. The number of nitrogens with one attached hydrogen (secondary N) is 1. The van der Waals surface area contributed by atoms with E-state index in [4.69, 9.17) is 18.9 Å². The van der Waals surface area contributed by atoms with E-state index < -0.39 is 35.2 Å². The van der Waals surface area contributed by atoms with E-state index in [1.165, 1.54) is 11.2 Å². The van der Waals surface area contributed by atoms with Gasteiger partial charge in [-0.3, -0.25) is 9.69 Å². The van der Waals surface area contributed by atoms with Crippen molar-refractivity contribution >= 4 is 23.7 Å². The molecule has 1 spiro atoms. The standard InChI is InChI=1S/C37H52FN7O7/c1-8-45(24(4)5)36(48)26-16-27(38)32-33(51-30(47)12-11-29(46)50-32)31(26)52-35-34(40-22-41-42-35)43-15-13-37(19-43)20-44(21-37)28(23(2)3)10-9-14-39-17-25(6)18-49-7/h11-12,16,22-25,28,39H,8-10,13-15,17-21H2,1-7H3/b12-11+/t25-,28+/m0/s1. The van der Waals surface area contributed by atoms with Gasteiger partial charge in [0.1, 0.15) is 6.33 Å². The molecule has 15 heteroatoms. The second kappa shape index (κ2) is 17.1. The number of halogens is 1. The van der Waals surface area contributed by atoms with Crippen LogP contribution in [-0.4, -0.2) is 114 Å². The van der Waals surface area contributed by atoms with E-state index in [9.17, 15) is 14.4 Å². The molecule has 2 aromatic rings. The van der Waals surface area contributed by atoms with Crippen LogP contribution in [0.25, 0.3) is 0 Å². The SMILES string of the molecule is CCN(C(=O)c1cc(F)c2c(c1Oc1nncnc1N1CCC3(C1)CN([C@H](CCCNC[C@H](C)COC)C(C)C)C3)OC(=O)/C=C/C(=O)O2)C(C)C. The third kappa shape index (κ3) is 8.87. The Hall–Kier alpha value is -4.21. The van der Waals surface area contributed by atoms with Gasteiger partial charge in [0, 0.05) is 76.1 Å². The lowest BCUT2D eigenvalue weighted by atomic mass is 9.76. The van der Waals surface area contributed by atoms with Gasteiger partial charge < -0.3 is 34.1 Å². The summed E-state index contributed by atoms with van der Waals surface area (Å²) in [4.78, 5) is 49.5. The molecule has 0 unspecified atom stereocenters. The van der Waals surface area contributed by atoms with Gasteiger partial charge in [-0.2, -0.15) is 0 Å². The number of rotatable bonds is 16. The summed E-state index contributed by atoms with van der Waals surface area (Å²) >= 11 is 0. The molecule has 0 aliphatic carbocycles. The molecule has 0 radical (unpaired) electrons. The van der Waals surface area contributed by atoms with Crippen LogP contribution in [0, 0.1) is 23.1 Å². The molecule has 1 aromatic carbocycles. The van der Waals surface area contributed by atoms with Crippen LogP contribution in [0.15, 0.2) is 24.5 Å². The predicted octanol–water partition coefficient (Wildman–Crippen LogP) is 4.24. The van der Waals surface area contributed by atoms with Gasteiger partial charge in [0.15, 0.2) is 17.4 Å². The van der Waals surface area contributed by atoms with Gasteiger partial charge >= 0.3 is 11.9 Å². The van der Waals surface area contributed by atoms with Crippen molar-refractivity contribution < 1.29 is 37.7 Å². The molecule has 1 aromatic heterocycles. The molecule has 3 aliphatic rings. The number of hydrogen-bond donors (Lipinski definition) is 1. The summed E-state index contributed by atoms with van der Waals surface area (Å²) in [6.07, 6.45) is 6.13. The highest BCUT2D eigenvalue weighted by Crippen LogP contribution is 2.48. The van der Waals surface area contributed by atoms with Gasteiger partial charge in [-0.15, -0.1) is 10.2 Å². The second-order valence-corrected chi connectivity index (χ2v) is 14.7. The van der Waals surface area contributed by atoms with Crippen molar-refractivity contribution in [1.29, 1.82) is 0 Å². The third-order valence-corrected chi connectivity index (χ3v) is 9.98. The number of aromatic nitrogens is 3. The fraction of sp³-hybridized carbons (Fsp3) is 0.622. The monoisotopic (exact) mass is 725 g/mol. The number of esters is 2. The summed E-state index contributed by atoms with van der Waals surface area (Å²) in [6, 6.07) is 1.14. The number of carbonyl (C=O) groups excluding carboxylic acids is 3. The van der Waals surface area contributed by atoms with Gasteiger partial charge in [0.05, 0.1) is 5.56 Å². The van der Waals surface area contributed by atoms with E-state index in [1.54, 1.807) is 14.0 Å². The lowest BCUT2D eigenvalue weighted by molar-refractivity contribution is -0.133. The summed E-state index contributed by atoms with van der Waals surface area (Å²) in [5, 5.41) is 11.7. The maximum atomic E-state index is 15.6. The molecule has 1 N–H and O–H groups in total. The third-order valence-electron chi connectivity index (χ3n) is 9.98. The summed E-state index contributed by atoms with van der Waals surface area (Å²) in [6.45, 7) is 18.5. The lowest BCUT2D eigenvalue weighted by Gasteiger charge is -2.53.